The lowest BCUT2D eigenvalue weighted by Crippen LogP contribution is -2.29. The second-order valence-corrected chi connectivity index (χ2v) is 8.53. The summed E-state index contributed by atoms with van der Waals surface area (Å²) in [5, 5.41) is 17.1. The molecule has 0 aliphatic heterocycles. The minimum atomic E-state index is -0.868. The van der Waals surface area contributed by atoms with Crippen LogP contribution in [0.5, 0.6) is 0 Å². The second-order valence-electron chi connectivity index (χ2n) is 8.53. The van der Waals surface area contributed by atoms with Gasteiger partial charge in [-0.3, -0.25) is 9.59 Å². The molecular formula is C20H30N4O3. The van der Waals surface area contributed by atoms with E-state index in [1.54, 1.807) is 6.92 Å². The summed E-state index contributed by atoms with van der Waals surface area (Å²) in [6.07, 6.45) is 0.0181. The quantitative estimate of drug-likeness (QED) is 0.807. The van der Waals surface area contributed by atoms with E-state index in [1.807, 2.05) is 31.5 Å². The number of aliphatic carboxylic acids is 1. The Balaban J connectivity index is 2.50. The summed E-state index contributed by atoms with van der Waals surface area (Å²) < 4.78 is 1.87. The van der Waals surface area contributed by atoms with Crippen LogP contribution < -0.4 is 5.32 Å². The lowest BCUT2D eigenvalue weighted by Gasteiger charge is -2.20. The molecule has 0 aliphatic carbocycles. The highest BCUT2D eigenvalue weighted by Crippen LogP contribution is 2.28. The van der Waals surface area contributed by atoms with Gasteiger partial charge in [-0.15, -0.1) is 0 Å². The smallest absolute Gasteiger partial charge is 0.303 e. The highest BCUT2D eigenvalue weighted by atomic mass is 16.4. The number of aryl methyl sites for hydroxylation is 1. The maximum absolute atomic E-state index is 12.9. The van der Waals surface area contributed by atoms with Crippen molar-refractivity contribution in [1.82, 2.24) is 20.1 Å². The molecule has 27 heavy (non-hydrogen) atoms. The normalized spacial score (nSPS) is 13.2. The molecule has 0 saturated carbocycles. The first-order valence-corrected chi connectivity index (χ1v) is 9.32. The average molecular weight is 374 g/mol. The number of nitrogens with zero attached hydrogens (tertiary/aromatic N) is 3. The third kappa shape index (κ3) is 4.64. The van der Waals surface area contributed by atoms with E-state index in [2.05, 4.69) is 31.2 Å². The van der Waals surface area contributed by atoms with Gasteiger partial charge in [0.25, 0.3) is 5.91 Å². The predicted molar refractivity (Wildman–Crippen MR) is 105 cm³/mol. The number of fused-ring (bicyclic) bond motifs is 1. The van der Waals surface area contributed by atoms with Crippen LogP contribution in [-0.2, 0) is 10.3 Å². The molecule has 7 heteroatoms. The van der Waals surface area contributed by atoms with Gasteiger partial charge in [0, 0.05) is 18.7 Å². The Morgan fingerprint density at radius 1 is 1.26 bits per heavy atom. The van der Waals surface area contributed by atoms with Crippen LogP contribution in [0.2, 0.25) is 0 Å². The number of hydrogen-bond acceptors (Lipinski definition) is 4. The van der Waals surface area contributed by atoms with Gasteiger partial charge in [-0.25, -0.2) is 9.67 Å². The van der Waals surface area contributed by atoms with Gasteiger partial charge < -0.3 is 10.4 Å². The SMILES string of the molecule is Cc1nn(C(C)(C)C)c2nc(C(C)C)cc(C(=O)NCC(C)CC(=O)O)c12. The molecule has 7 nitrogen and oxygen atoms in total. The van der Waals surface area contributed by atoms with Crippen molar-refractivity contribution in [2.45, 2.75) is 66.3 Å². The molecule has 0 fully saturated rings. The number of nitrogens with one attached hydrogen (secondary N) is 1. The average Bonchev–Trinajstić information content (AvgIpc) is 2.88. The maximum atomic E-state index is 12.9. The van der Waals surface area contributed by atoms with Gasteiger partial charge in [0.1, 0.15) is 0 Å². The van der Waals surface area contributed by atoms with Gasteiger partial charge in [-0.05, 0) is 45.6 Å². The van der Waals surface area contributed by atoms with Crippen molar-refractivity contribution in [2.24, 2.45) is 5.92 Å². The van der Waals surface area contributed by atoms with Crippen molar-refractivity contribution >= 4 is 22.9 Å². The Kier molecular flexibility index (Phi) is 5.92. The number of carbonyl (C=O) groups excluding carboxylic acids is 1. The fourth-order valence-corrected chi connectivity index (χ4v) is 2.98. The Bertz CT molecular complexity index is 862. The number of carboxylic acid groups (broad SMARTS) is 1. The maximum Gasteiger partial charge on any atom is 0.303 e. The van der Waals surface area contributed by atoms with E-state index >= 15 is 0 Å². The molecule has 1 atom stereocenters. The lowest BCUT2D eigenvalue weighted by molar-refractivity contribution is -0.137. The number of rotatable bonds is 6. The molecule has 0 spiro atoms. The van der Waals surface area contributed by atoms with Crippen molar-refractivity contribution in [2.75, 3.05) is 6.54 Å². The highest BCUT2D eigenvalue weighted by Gasteiger charge is 2.25. The monoisotopic (exact) mass is 374 g/mol. The van der Waals surface area contributed by atoms with Crippen LogP contribution in [0.4, 0.5) is 0 Å². The fourth-order valence-electron chi connectivity index (χ4n) is 2.98. The molecule has 1 amide bonds. The predicted octanol–water partition coefficient (Wildman–Crippen LogP) is 3.46. The minimum absolute atomic E-state index is 0.0181. The van der Waals surface area contributed by atoms with Crippen LogP contribution in [0.25, 0.3) is 11.0 Å². The standard InChI is InChI=1S/C20H30N4O3/c1-11(2)15-9-14(19(27)21-10-12(3)8-16(25)26)17-13(4)23-24(18(17)22-15)20(5,6)7/h9,11-12H,8,10H2,1-7H3,(H,21,27)(H,25,26). The zero-order valence-electron chi connectivity index (χ0n) is 17.3. The number of carboxylic acids is 1. The molecular weight excluding hydrogens is 344 g/mol. The Labute approximate surface area is 160 Å². The molecule has 2 aromatic heterocycles. The van der Waals surface area contributed by atoms with Crippen LogP contribution in [-0.4, -0.2) is 38.3 Å². The van der Waals surface area contributed by atoms with Crippen molar-refractivity contribution in [3.8, 4) is 0 Å². The summed E-state index contributed by atoms with van der Waals surface area (Å²) in [7, 11) is 0. The second kappa shape index (κ2) is 7.66. The molecule has 148 valence electrons. The van der Waals surface area contributed by atoms with E-state index < -0.39 is 5.97 Å². The van der Waals surface area contributed by atoms with Crippen molar-refractivity contribution < 1.29 is 14.7 Å². The molecule has 2 heterocycles. The molecule has 1 unspecified atom stereocenters. The first-order valence-electron chi connectivity index (χ1n) is 9.32. The van der Waals surface area contributed by atoms with Crippen molar-refractivity contribution in [1.29, 1.82) is 0 Å². The van der Waals surface area contributed by atoms with Gasteiger partial charge in [0.05, 0.1) is 22.2 Å². The number of hydrogen-bond donors (Lipinski definition) is 2. The van der Waals surface area contributed by atoms with E-state index in [4.69, 9.17) is 10.1 Å². The first-order chi connectivity index (χ1) is 12.4. The minimum Gasteiger partial charge on any atom is -0.481 e. The summed E-state index contributed by atoms with van der Waals surface area (Å²) >= 11 is 0. The zero-order chi connectivity index (χ0) is 20.5. The zero-order valence-corrected chi connectivity index (χ0v) is 17.3. The number of pyridine rings is 1. The topological polar surface area (TPSA) is 97.1 Å². The molecule has 0 saturated heterocycles. The highest BCUT2D eigenvalue weighted by molar-refractivity contribution is 6.06. The van der Waals surface area contributed by atoms with Gasteiger partial charge in [-0.2, -0.15) is 5.10 Å². The molecule has 2 aromatic rings. The number of carbonyl (C=O) groups is 2. The largest absolute Gasteiger partial charge is 0.481 e. The molecule has 0 radical (unpaired) electrons. The molecule has 0 bridgehead atoms. The summed E-state index contributed by atoms with van der Waals surface area (Å²) in [5.74, 6) is -1.08. The molecule has 0 aliphatic rings. The van der Waals surface area contributed by atoms with E-state index in [9.17, 15) is 9.59 Å². The van der Waals surface area contributed by atoms with Gasteiger partial charge in [-0.1, -0.05) is 20.8 Å². The number of aromatic nitrogens is 3. The third-order valence-corrected chi connectivity index (χ3v) is 4.44. The summed E-state index contributed by atoms with van der Waals surface area (Å²) in [4.78, 5) is 28.5. The Morgan fingerprint density at radius 3 is 2.41 bits per heavy atom. The van der Waals surface area contributed by atoms with E-state index in [1.165, 1.54) is 0 Å². The van der Waals surface area contributed by atoms with Gasteiger partial charge >= 0.3 is 5.97 Å². The summed E-state index contributed by atoms with van der Waals surface area (Å²) in [5.41, 5.74) is 2.57. The van der Waals surface area contributed by atoms with E-state index in [0.717, 1.165) is 16.8 Å². The van der Waals surface area contributed by atoms with Crippen LogP contribution in [0.1, 0.15) is 75.6 Å². The van der Waals surface area contributed by atoms with Crippen molar-refractivity contribution in [3.05, 3.63) is 23.0 Å². The van der Waals surface area contributed by atoms with E-state index in [-0.39, 0.29) is 29.7 Å². The van der Waals surface area contributed by atoms with E-state index in [0.29, 0.717) is 17.8 Å². The van der Waals surface area contributed by atoms with Crippen LogP contribution in [0.15, 0.2) is 6.07 Å². The molecule has 2 N–H and O–H groups in total. The summed E-state index contributed by atoms with van der Waals surface area (Å²) in [6.45, 7) is 14.2. The first kappa shape index (κ1) is 20.9. The fraction of sp³-hybridized carbons (Fsp3) is 0.600. The van der Waals surface area contributed by atoms with Crippen molar-refractivity contribution in [3.63, 3.8) is 0 Å². The Hall–Kier alpha value is -2.44. The molecule has 2 rings (SSSR count). The lowest BCUT2D eigenvalue weighted by atomic mass is 10.0. The third-order valence-electron chi connectivity index (χ3n) is 4.44. The summed E-state index contributed by atoms with van der Waals surface area (Å²) in [6, 6.07) is 1.83. The Morgan fingerprint density at radius 2 is 1.89 bits per heavy atom. The van der Waals surface area contributed by atoms with Gasteiger partial charge in [0.15, 0.2) is 5.65 Å². The van der Waals surface area contributed by atoms with Crippen LogP contribution in [0.3, 0.4) is 0 Å². The number of amides is 1. The van der Waals surface area contributed by atoms with Crippen LogP contribution >= 0.6 is 0 Å². The van der Waals surface area contributed by atoms with Gasteiger partial charge in [0.2, 0.25) is 0 Å². The van der Waals surface area contributed by atoms with Crippen LogP contribution in [0, 0.1) is 12.8 Å². The molecule has 0 aromatic carbocycles.